The van der Waals surface area contributed by atoms with E-state index in [-0.39, 0.29) is 0 Å². The molecule has 1 fully saturated rings. The van der Waals surface area contributed by atoms with Gasteiger partial charge in [0.1, 0.15) is 0 Å². The van der Waals surface area contributed by atoms with Crippen molar-refractivity contribution in [2.45, 2.75) is 44.9 Å². The van der Waals surface area contributed by atoms with E-state index in [4.69, 9.17) is 4.74 Å². The summed E-state index contributed by atoms with van der Waals surface area (Å²) in [5.41, 5.74) is 3.08. The van der Waals surface area contributed by atoms with E-state index in [1.807, 2.05) is 5.51 Å². The lowest BCUT2D eigenvalue weighted by Gasteiger charge is -2.12. The molecule has 3 nitrogen and oxygen atoms in total. The van der Waals surface area contributed by atoms with E-state index in [1.165, 1.54) is 17.7 Å². The summed E-state index contributed by atoms with van der Waals surface area (Å²) in [5.74, 6) is 0. The fourth-order valence-corrected chi connectivity index (χ4v) is 2.80. The van der Waals surface area contributed by atoms with Gasteiger partial charge in [0.05, 0.1) is 17.3 Å². The molecule has 0 aromatic carbocycles. The van der Waals surface area contributed by atoms with Crippen LogP contribution in [0.5, 0.6) is 0 Å². The van der Waals surface area contributed by atoms with Crippen molar-refractivity contribution < 1.29 is 4.74 Å². The molecule has 1 aromatic rings. The van der Waals surface area contributed by atoms with Crippen LogP contribution in [0.4, 0.5) is 0 Å². The predicted octanol–water partition coefficient (Wildman–Crippen LogP) is 2.11. The summed E-state index contributed by atoms with van der Waals surface area (Å²) in [5, 5.41) is 3.58. The third-order valence-corrected chi connectivity index (χ3v) is 4.05. The maximum absolute atomic E-state index is 5.35. The Morgan fingerprint density at radius 1 is 1.60 bits per heavy atom. The monoisotopic (exact) mass is 226 g/mol. The molecule has 1 N–H and O–H groups in total. The van der Waals surface area contributed by atoms with Crippen LogP contribution >= 0.6 is 11.3 Å². The standard InChI is InChI=1S/C11H18N2OS/c1-8-11(15-7-13-8)6-12-9-3-4-10(5-9)14-2/h7,9-10,12H,3-6H2,1-2H3. The molecule has 1 saturated carbocycles. The van der Waals surface area contributed by atoms with Gasteiger partial charge in [0, 0.05) is 24.6 Å². The average molecular weight is 226 g/mol. The van der Waals surface area contributed by atoms with Gasteiger partial charge in [-0.3, -0.25) is 0 Å². The average Bonchev–Trinajstić information content (AvgIpc) is 2.84. The number of methoxy groups -OCH3 is 1. The van der Waals surface area contributed by atoms with Gasteiger partial charge in [-0.15, -0.1) is 11.3 Å². The van der Waals surface area contributed by atoms with Crippen LogP contribution in [-0.2, 0) is 11.3 Å². The van der Waals surface area contributed by atoms with Crippen molar-refractivity contribution in [2.24, 2.45) is 0 Å². The van der Waals surface area contributed by atoms with Gasteiger partial charge in [-0.25, -0.2) is 4.98 Å². The Balaban J connectivity index is 1.77. The molecule has 0 spiro atoms. The Hall–Kier alpha value is -0.450. The predicted molar refractivity (Wildman–Crippen MR) is 62.1 cm³/mol. The van der Waals surface area contributed by atoms with Crippen molar-refractivity contribution in [2.75, 3.05) is 7.11 Å². The summed E-state index contributed by atoms with van der Waals surface area (Å²) in [6.07, 6.45) is 4.03. The number of thiazole rings is 1. The molecule has 2 atom stereocenters. The van der Waals surface area contributed by atoms with Gasteiger partial charge < -0.3 is 10.1 Å². The zero-order valence-electron chi connectivity index (χ0n) is 9.32. The largest absolute Gasteiger partial charge is 0.381 e. The lowest BCUT2D eigenvalue weighted by Crippen LogP contribution is -2.26. The molecule has 15 heavy (non-hydrogen) atoms. The number of hydrogen-bond donors (Lipinski definition) is 1. The second-order valence-corrected chi connectivity index (χ2v) is 5.05. The maximum Gasteiger partial charge on any atom is 0.0798 e. The summed E-state index contributed by atoms with van der Waals surface area (Å²) >= 11 is 1.73. The summed E-state index contributed by atoms with van der Waals surface area (Å²) in [6.45, 7) is 3.03. The molecule has 0 aliphatic heterocycles. The van der Waals surface area contributed by atoms with E-state index < -0.39 is 0 Å². The maximum atomic E-state index is 5.35. The summed E-state index contributed by atoms with van der Waals surface area (Å²) in [4.78, 5) is 5.60. The molecule has 0 saturated heterocycles. The number of aryl methyl sites for hydroxylation is 1. The van der Waals surface area contributed by atoms with Gasteiger partial charge in [-0.1, -0.05) is 0 Å². The Kier molecular flexibility index (Phi) is 3.72. The van der Waals surface area contributed by atoms with Crippen LogP contribution in [-0.4, -0.2) is 24.2 Å². The number of nitrogens with zero attached hydrogens (tertiary/aromatic N) is 1. The summed E-state index contributed by atoms with van der Waals surface area (Å²) in [7, 11) is 1.81. The van der Waals surface area contributed by atoms with Crippen molar-refractivity contribution in [3.8, 4) is 0 Å². The number of nitrogens with one attached hydrogen (secondary N) is 1. The second kappa shape index (κ2) is 5.05. The normalized spacial score (nSPS) is 26.0. The van der Waals surface area contributed by atoms with E-state index in [9.17, 15) is 0 Å². The van der Waals surface area contributed by atoms with Gasteiger partial charge >= 0.3 is 0 Å². The fourth-order valence-electron chi connectivity index (χ4n) is 2.07. The zero-order chi connectivity index (χ0) is 10.7. The van der Waals surface area contributed by atoms with Crippen LogP contribution in [0, 0.1) is 6.92 Å². The molecule has 2 rings (SSSR count). The van der Waals surface area contributed by atoms with Crippen molar-refractivity contribution in [1.29, 1.82) is 0 Å². The van der Waals surface area contributed by atoms with Crippen LogP contribution in [0.25, 0.3) is 0 Å². The lowest BCUT2D eigenvalue weighted by atomic mass is 10.2. The fraction of sp³-hybridized carbons (Fsp3) is 0.727. The topological polar surface area (TPSA) is 34.1 Å². The molecule has 1 heterocycles. The molecule has 0 bridgehead atoms. The minimum atomic E-state index is 0.463. The highest BCUT2D eigenvalue weighted by Crippen LogP contribution is 2.22. The van der Waals surface area contributed by atoms with Gasteiger partial charge in [0.15, 0.2) is 0 Å². The van der Waals surface area contributed by atoms with Crippen molar-refractivity contribution in [1.82, 2.24) is 10.3 Å². The smallest absolute Gasteiger partial charge is 0.0798 e. The quantitative estimate of drug-likeness (QED) is 0.854. The molecule has 2 unspecified atom stereocenters. The van der Waals surface area contributed by atoms with E-state index in [0.29, 0.717) is 12.1 Å². The van der Waals surface area contributed by atoms with E-state index >= 15 is 0 Å². The van der Waals surface area contributed by atoms with Crippen LogP contribution in [0.2, 0.25) is 0 Å². The van der Waals surface area contributed by atoms with Crippen molar-refractivity contribution in [3.63, 3.8) is 0 Å². The lowest BCUT2D eigenvalue weighted by molar-refractivity contribution is 0.107. The third kappa shape index (κ3) is 2.77. The number of hydrogen-bond acceptors (Lipinski definition) is 4. The van der Waals surface area contributed by atoms with Crippen LogP contribution in [0.15, 0.2) is 5.51 Å². The molecular formula is C11H18N2OS. The first-order valence-corrected chi connectivity index (χ1v) is 6.32. The molecular weight excluding hydrogens is 208 g/mol. The van der Waals surface area contributed by atoms with E-state index in [2.05, 4.69) is 17.2 Å². The SMILES string of the molecule is COC1CCC(NCc2scnc2C)C1. The number of rotatable bonds is 4. The van der Waals surface area contributed by atoms with Gasteiger partial charge in [0.2, 0.25) is 0 Å². The van der Waals surface area contributed by atoms with Gasteiger partial charge in [-0.2, -0.15) is 0 Å². The Bertz CT molecular complexity index is 313. The summed E-state index contributed by atoms with van der Waals surface area (Å²) < 4.78 is 5.35. The van der Waals surface area contributed by atoms with Crippen LogP contribution in [0.1, 0.15) is 29.8 Å². The van der Waals surface area contributed by atoms with Crippen molar-refractivity contribution in [3.05, 3.63) is 16.1 Å². The molecule has 0 amide bonds. The number of aromatic nitrogens is 1. The zero-order valence-corrected chi connectivity index (χ0v) is 10.1. The Morgan fingerprint density at radius 2 is 2.47 bits per heavy atom. The first-order valence-electron chi connectivity index (χ1n) is 5.44. The van der Waals surface area contributed by atoms with Gasteiger partial charge in [0.25, 0.3) is 0 Å². The van der Waals surface area contributed by atoms with Crippen LogP contribution in [0.3, 0.4) is 0 Å². The molecule has 4 heteroatoms. The minimum absolute atomic E-state index is 0.463. The first kappa shape index (κ1) is 11.0. The number of ether oxygens (including phenoxy) is 1. The first-order chi connectivity index (χ1) is 7.29. The second-order valence-electron chi connectivity index (χ2n) is 4.11. The van der Waals surface area contributed by atoms with Crippen LogP contribution < -0.4 is 5.32 Å². The highest BCUT2D eigenvalue weighted by molar-refractivity contribution is 7.09. The Labute approximate surface area is 94.9 Å². The molecule has 1 aliphatic carbocycles. The van der Waals surface area contributed by atoms with Gasteiger partial charge in [-0.05, 0) is 26.2 Å². The molecule has 84 valence electrons. The van der Waals surface area contributed by atoms with E-state index in [0.717, 1.165) is 18.7 Å². The van der Waals surface area contributed by atoms with E-state index in [1.54, 1.807) is 18.4 Å². The summed E-state index contributed by atoms with van der Waals surface area (Å²) in [6, 6.07) is 0.622. The van der Waals surface area contributed by atoms with Crippen molar-refractivity contribution >= 4 is 11.3 Å². The highest BCUT2D eigenvalue weighted by atomic mass is 32.1. The third-order valence-electron chi connectivity index (χ3n) is 3.11. The highest BCUT2D eigenvalue weighted by Gasteiger charge is 2.23. The molecule has 0 radical (unpaired) electrons. The molecule has 1 aliphatic rings. The molecule has 1 aromatic heterocycles. The minimum Gasteiger partial charge on any atom is -0.381 e. The Morgan fingerprint density at radius 3 is 3.07 bits per heavy atom.